The van der Waals surface area contributed by atoms with Crippen molar-refractivity contribution in [2.75, 3.05) is 17.2 Å². The van der Waals surface area contributed by atoms with Crippen LogP contribution in [0.5, 0.6) is 5.75 Å². The first-order chi connectivity index (χ1) is 15.4. The summed E-state index contributed by atoms with van der Waals surface area (Å²) in [4.78, 5) is 24.0. The van der Waals surface area contributed by atoms with Gasteiger partial charge in [-0.05, 0) is 42.2 Å². The van der Waals surface area contributed by atoms with Crippen LogP contribution in [0.4, 0.5) is 16.2 Å². The molecule has 0 bridgehead atoms. The second-order valence-corrected chi connectivity index (χ2v) is 8.21. The molecule has 6 heteroatoms. The number of fused-ring (bicyclic) bond motifs is 1. The molecule has 1 aliphatic rings. The van der Waals surface area contributed by atoms with Gasteiger partial charge < -0.3 is 20.5 Å². The van der Waals surface area contributed by atoms with Crippen LogP contribution in [0.25, 0.3) is 0 Å². The standard InChI is InChI=1S/C26H26N2O4/c1-16-8-10-20(11-9-16)27-26(31)28-23-14-19(17(2)12-24(29)30)13-21-22(15-32-25(21)23)18-6-4-3-5-7-18/h3-11,13-14,17,22H,12,15H2,1-2H3,(H,29,30)(H2,27,28,31). The van der Waals surface area contributed by atoms with E-state index in [0.29, 0.717) is 23.7 Å². The van der Waals surface area contributed by atoms with Crippen LogP contribution in [0.3, 0.4) is 0 Å². The summed E-state index contributed by atoms with van der Waals surface area (Å²) in [5.41, 5.74) is 5.25. The Morgan fingerprint density at radius 3 is 2.47 bits per heavy atom. The number of benzene rings is 3. The summed E-state index contributed by atoms with van der Waals surface area (Å²) in [6, 6.07) is 21.0. The average Bonchev–Trinajstić information content (AvgIpc) is 3.20. The molecule has 164 valence electrons. The molecule has 3 aromatic rings. The minimum absolute atomic E-state index is 0.00461. The molecule has 4 rings (SSSR count). The van der Waals surface area contributed by atoms with Crippen molar-refractivity contribution in [3.63, 3.8) is 0 Å². The minimum atomic E-state index is -0.861. The van der Waals surface area contributed by atoms with Gasteiger partial charge in [0.05, 0.1) is 18.7 Å². The van der Waals surface area contributed by atoms with Gasteiger partial charge in [0.15, 0.2) is 0 Å². The summed E-state index contributed by atoms with van der Waals surface area (Å²) in [6.07, 6.45) is 0.00461. The normalized spacial score (nSPS) is 15.4. The van der Waals surface area contributed by atoms with Gasteiger partial charge in [-0.3, -0.25) is 4.79 Å². The lowest BCUT2D eigenvalue weighted by molar-refractivity contribution is -0.137. The van der Waals surface area contributed by atoms with Crippen molar-refractivity contribution >= 4 is 23.4 Å². The molecule has 2 atom stereocenters. The molecule has 3 aromatic carbocycles. The first-order valence-corrected chi connectivity index (χ1v) is 10.6. The van der Waals surface area contributed by atoms with Crippen LogP contribution in [0, 0.1) is 6.92 Å². The van der Waals surface area contributed by atoms with E-state index in [1.165, 1.54) is 0 Å². The lowest BCUT2D eigenvalue weighted by Gasteiger charge is -2.17. The van der Waals surface area contributed by atoms with E-state index in [-0.39, 0.29) is 24.3 Å². The predicted molar refractivity (Wildman–Crippen MR) is 125 cm³/mol. The maximum Gasteiger partial charge on any atom is 0.323 e. The minimum Gasteiger partial charge on any atom is -0.490 e. The number of carbonyl (C=O) groups excluding carboxylic acids is 1. The zero-order valence-electron chi connectivity index (χ0n) is 18.1. The van der Waals surface area contributed by atoms with Crippen molar-refractivity contribution in [1.82, 2.24) is 0 Å². The summed E-state index contributed by atoms with van der Waals surface area (Å²) in [5.74, 6) is -0.427. The van der Waals surface area contributed by atoms with E-state index in [1.54, 1.807) is 0 Å². The fourth-order valence-electron chi connectivity index (χ4n) is 3.99. The molecule has 2 amide bonds. The zero-order chi connectivity index (χ0) is 22.7. The Morgan fingerprint density at radius 2 is 1.78 bits per heavy atom. The highest BCUT2D eigenvalue weighted by atomic mass is 16.5. The van der Waals surface area contributed by atoms with E-state index in [2.05, 4.69) is 10.6 Å². The van der Waals surface area contributed by atoms with Crippen molar-refractivity contribution in [3.8, 4) is 5.75 Å². The van der Waals surface area contributed by atoms with Gasteiger partial charge in [-0.2, -0.15) is 0 Å². The summed E-state index contributed by atoms with van der Waals surface area (Å²) in [7, 11) is 0. The van der Waals surface area contributed by atoms with Gasteiger partial charge in [-0.1, -0.05) is 61.0 Å². The van der Waals surface area contributed by atoms with Gasteiger partial charge in [0.2, 0.25) is 0 Å². The number of carboxylic acids is 1. The molecule has 32 heavy (non-hydrogen) atoms. The number of aryl methyl sites for hydroxylation is 1. The van der Waals surface area contributed by atoms with Gasteiger partial charge in [0.25, 0.3) is 0 Å². The molecule has 0 saturated heterocycles. The number of ether oxygens (including phenoxy) is 1. The van der Waals surface area contributed by atoms with Crippen molar-refractivity contribution in [2.45, 2.75) is 32.1 Å². The third-order valence-electron chi connectivity index (χ3n) is 5.72. The zero-order valence-corrected chi connectivity index (χ0v) is 18.1. The number of urea groups is 1. The molecule has 0 aromatic heterocycles. The number of aliphatic carboxylic acids is 1. The number of anilines is 2. The number of amides is 2. The van der Waals surface area contributed by atoms with E-state index in [9.17, 15) is 14.7 Å². The monoisotopic (exact) mass is 430 g/mol. The quantitative estimate of drug-likeness (QED) is 0.465. The van der Waals surface area contributed by atoms with Crippen molar-refractivity contribution in [1.29, 1.82) is 0 Å². The van der Waals surface area contributed by atoms with Crippen LogP contribution in [-0.4, -0.2) is 23.7 Å². The van der Waals surface area contributed by atoms with Gasteiger partial charge in [-0.25, -0.2) is 4.79 Å². The highest BCUT2D eigenvalue weighted by molar-refractivity contribution is 6.01. The fraction of sp³-hybridized carbons (Fsp3) is 0.231. The van der Waals surface area contributed by atoms with Crippen LogP contribution in [0.2, 0.25) is 0 Å². The van der Waals surface area contributed by atoms with Crippen LogP contribution in [-0.2, 0) is 4.79 Å². The molecular weight excluding hydrogens is 404 g/mol. The number of hydrogen-bond donors (Lipinski definition) is 3. The van der Waals surface area contributed by atoms with E-state index in [1.807, 2.05) is 80.6 Å². The molecule has 3 N–H and O–H groups in total. The lowest BCUT2D eigenvalue weighted by atomic mass is 9.88. The maximum absolute atomic E-state index is 12.7. The highest BCUT2D eigenvalue weighted by Crippen LogP contribution is 2.45. The Bertz CT molecular complexity index is 1130. The molecule has 0 saturated carbocycles. The second-order valence-electron chi connectivity index (χ2n) is 8.21. The van der Waals surface area contributed by atoms with Crippen LogP contribution >= 0.6 is 0 Å². The molecule has 0 radical (unpaired) electrons. The van der Waals surface area contributed by atoms with Crippen LogP contribution in [0.15, 0.2) is 66.7 Å². The van der Waals surface area contributed by atoms with E-state index in [0.717, 1.165) is 22.3 Å². The molecule has 0 fully saturated rings. The van der Waals surface area contributed by atoms with E-state index < -0.39 is 5.97 Å². The molecule has 6 nitrogen and oxygen atoms in total. The summed E-state index contributed by atoms with van der Waals surface area (Å²) in [6.45, 7) is 4.32. The smallest absolute Gasteiger partial charge is 0.323 e. The van der Waals surface area contributed by atoms with Gasteiger partial charge in [-0.15, -0.1) is 0 Å². The van der Waals surface area contributed by atoms with Crippen LogP contribution < -0.4 is 15.4 Å². The SMILES string of the molecule is Cc1ccc(NC(=O)Nc2cc(C(C)CC(=O)O)cc3c2OCC3c2ccccc2)cc1. The summed E-state index contributed by atoms with van der Waals surface area (Å²) in [5, 5.41) is 15.0. The van der Waals surface area contributed by atoms with Gasteiger partial charge in [0.1, 0.15) is 5.75 Å². The molecule has 1 aliphatic heterocycles. The summed E-state index contributed by atoms with van der Waals surface area (Å²) >= 11 is 0. The van der Waals surface area contributed by atoms with Crippen LogP contribution in [0.1, 0.15) is 47.4 Å². The third kappa shape index (κ3) is 4.75. The molecule has 2 unspecified atom stereocenters. The number of hydrogen-bond acceptors (Lipinski definition) is 3. The average molecular weight is 431 g/mol. The van der Waals surface area contributed by atoms with E-state index in [4.69, 9.17) is 4.74 Å². The number of carbonyl (C=O) groups is 2. The van der Waals surface area contributed by atoms with E-state index >= 15 is 0 Å². The number of nitrogens with one attached hydrogen (secondary N) is 2. The Hall–Kier alpha value is -3.80. The largest absolute Gasteiger partial charge is 0.490 e. The Labute approximate surface area is 187 Å². The highest BCUT2D eigenvalue weighted by Gasteiger charge is 2.30. The summed E-state index contributed by atoms with van der Waals surface area (Å²) < 4.78 is 6.02. The Morgan fingerprint density at radius 1 is 1.06 bits per heavy atom. The lowest BCUT2D eigenvalue weighted by Crippen LogP contribution is -2.20. The van der Waals surface area contributed by atoms with Crippen molar-refractivity contribution in [2.24, 2.45) is 0 Å². The Balaban J connectivity index is 1.66. The third-order valence-corrected chi connectivity index (χ3v) is 5.72. The maximum atomic E-state index is 12.7. The van der Waals surface area contributed by atoms with Crippen molar-refractivity contribution in [3.05, 3.63) is 89.0 Å². The molecule has 0 aliphatic carbocycles. The molecule has 1 heterocycles. The van der Waals surface area contributed by atoms with Gasteiger partial charge >= 0.3 is 12.0 Å². The van der Waals surface area contributed by atoms with Gasteiger partial charge in [0, 0.05) is 17.2 Å². The molecule has 0 spiro atoms. The Kier molecular flexibility index (Phi) is 6.12. The number of carboxylic acid groups (broad SMARTS) is 1. The fourth-order valence-corrected chi connectivity index (χ4v) is 3.99. The second kappa shape index (κ2) is 9.14. The predicted octanol–water partition coefficient (Wildman–Crippen LogP) is 5.74. The first kappa shape index (κ1) is 21.4. The first-order valence-electron chi connectivity index (χ1n) is 10.6. The topological polar surface area (TPSA) is 87.7 Å². The molecular formula is C26H26N2O4. The van der Waals surface area contributed by atoms with Crippen molar-refractivity contribution < 1.29 is 19.4 Å². The number of rotatable bonds is 6.